The fourth-order valence-corrected chi connectivity index (χ4v) is 4.21. The van der Waals surface area contributed by atoms with Crippen LogP contribution in [-0.2, 0) is 11.3 Å². The van der Waals surface area contributed by atoms with Crippen molar-refractivity contribution in [3.8, 4) is 17.1 Å². The van der Waals surface area contributed by atoms with Crippen molar-refractivity contribution in [2.24, 2.45) is 0 Å². The molecule has 1 aromatic heterocycles. The first-order valence-electron chi connectivity index (χ1n) is 9.26. The van der Waals surface area contributed by atoms with Gasteiger partial charge in [0.1, 0.15) is 5.75 Å². The van der Waals surface area contributed by atoms with Crippen LogP contribution in [0, 0.1) is 10.1 Å². The molecule has 0 spiro atoms. The number of benzene rings is 2. The Balaban J connectivity index is 1.71. The first kappa shape index (κ1) is 19.4. The van der Waals surface area contributed by atoms with Gasteiger partial charge in [-0.15, -0.1) is 10.2 Å². The Morgan fingerprint density at radius 3 is 2.72 bits per heavy atom. The van der Waals surface area contributed by atoms with Crippen molar-refractivity contribution in [1.82, 2.24) is 14.8 Å². The van der Waals surface area contributed by atoms with Gasteiger partial charge >= 0.3 is 0 Å². The number of nitrogens with zero attached hydrogens (tertiary/aromatic N) is 4. The average molecular weight is 412 g/mol. The number of nitro groups is 1. The van der Waals surface area contributed by atoms with Gasteiger partial charge in [-0.25, -0.2) is 0 Å². The molecule has 9 heteroatoms. The lowest BCUT2D eigenvalue weighted by Gasteiger charge is -2.15. The van der Waals surface area contributed by atoms with Crippen molar-refractivity contribution < 1.29 is 14.4 Å². The van der Waals surface area contributed by atoms with Crippen LogP contribution in [0.1, 0.15) is 12.8 Å². The molecule has 0 bridgehead atoms. The van der Waals surface area contributed by atoms with E-state index < -0.39 is 0 Å². The van der Waals surface area contributed by atoms with E-state index in [4.69, 9.17) is 9.47 Å². The van der Waals surface area contributed by atoms with Crippen molar-refractivity contribution >= 4 is 17.4 Å². The van der Waals surface area contributed by atoms with Crippen LogP contribution in [0.2, 0.25) is 0 Å². The minimum absolute atomic E-state index is 0.0511. The van der Waals surface area contributed by atoms with Gasteiger partial charge in [-0.3, -0.25) is 14.7 Å². The van der Waals surface area contributed by atoms with E-state index in [1.54, 1.807) is 25.3 Å². The zero-order chi connectivity index (χ0) is 20.2. The van der Waals surface area contributed by atoms with Gasteiger partial charge in [-0.2, -0.15) is 0 Å². The molecular weight excluding hydrogens is 392 g/mol. The second-order valence-corrected chi connectivity index (χ2v) is 7.62. The molecule has 2 aromatic carbocycles. The Bertz CT molecular complexity index is 1000. The summed E-state index contributed by atoms with van der Waals surface area (Å²) >= 11 is 1.24. The van der Waals surface area contributed by atoms with Gasteiger partial charge in [0, 0.05) is 18.2 Å². The lowest BCUT2D eigenvalue weighted by Crippen LogP contribution is -2.16. The number of para-hydroxylation sites is 1. The molecule has 1 aliphatic heterocycles. The molecule has 1 aliphatic rings. The van der Waals surface area contributed by atoms with Crippen LogP contribution in [0.3, 0.4) is 0 Å². The SMILES string of the molecule is COc1ccc(-c2nnc(Sc3ccccc3[N+](=O)[O-])n2CC2CCCO2)cc1. The molecule has 4 rings (SSSR count). The third kappa shape index (κ3) is 4.25. The highest BCUT2D eigenvalue weighted by molar-refractivity contribution is 7.99. The molecular formula is C20H20N4O4S. The fraction of sp³-hybridized carbons (Fsp3) is 0.300. The summed E-state index contributed by atoms with van der Waals surface area (Å²) in [4.78, 5) is 11.5. The molecule has 1 fully saturated rings. The predicted octanol–water partition coefficient (Wildman–Crippen LogP) is 4.19. The van der Waals surface area contributed by atoms with E-state index in [1.807, 2.05) is 28.8 Å². The Morgan fingerprint density at radius 1 is 1.24 bits per heavy atom. The van der Waals surface area contributed by atoms with Gasteiger partial charge in [0.2, 0.25) is 0 Å². The second kappa shape index (κ2) is 8.62. The molecule has 1 atom stereocenters. The molecule has 8 nitrogen and oxygen atoms in total. The molecule has 150 valence electrons. The monoisotopic (exact) mass is 412 g/mol. The van der Waals surface area contributed by atoms with Gasteiger partial charge in [0.15, 0.2) is 11.0 Å². The van der Waals surface area contributed by atoms with E-state index in [-0.39, 0.29) is 16.7 Å². The second-order valence-electron chi connectivity index (χ2n) is 6.61. The van der Waals surface area contributed by atoms with E-state index in [0.717, 1.165) is 30.8 Å². The Hall–Kier alpha value is -2.91. The maximum Gasteiger partial charge on any atom is 0.283 e. The molecule has 29 heavy (non-hydrogen) atoms. The maximum absolute atomic E-state index is 11.4. The average Bonchev–Trinajstić information content (AvgIpc) is 3.39. The normalized spacial score (nSPS) is 16.1. The lowest BCUT2D eigenvalue weighted by molar-refractivity contribution is -0.387. The minimum atomic E-state index is -0.381. The van der Waals surface area contributed by atoms with Crippen LogP contribution in [-0.4, -0.2) is 39.5 Å². The molecule has 0 saturated carbocycles. The Morgan fingerprint density at radius 2 is 2.03 bits per heavy atom. The Kier molecular flexibility index (Phi) is 5.77. The summed E-state index contributed by atoms with van der Waals surface area (Å²) in [5.41, 5.74) is 0.945. The molecule has 3 aromatic rings. The van der Waals surface area contributed by atoms with Crippen LogP contribution in [0.4, 0.5) is 5.69 Å². The quantitative estimate of drug-likeness (QED) is 0.424. The van der Waals surface area contributed by atoms with Gasteiger partial charge in [-0.05, 0) is 54.9 Å². The molecule has 0 amide bonds. The van der Waals surface area contributed by atoms with E-state index in [1.165, 1.54) is 17.8 Å². The summed E-state index contributed by atoms with van der Waals surface area (Å²) in [7, 11) is 1.62. The van der Waals surface area contributed by atoms with Crippen molar-refractivity contribution in [3.63, 3.8) is 0 Å². The van der Waals surface area contributed by atoms with E-state index in [2.05, 4.69) is 10.2 Å². The lowest BCUT2D eigenvalue weighted by atomic mass is 10.2. The van der Waals surface area contributed by atoms with Crippen LogP contribution in [0.5, 0.6) is 5.75 Å². The molecule has 0 radical (unpaired) electrons. The summed E-state index contributed by atoms with van der Waals surface area (Å²) in [5.74, 6) is 1.46. The van der Waals surface area contributed by atoms with Crippen molar-refractivity contribution in [3.05, 3.63) is 58.6 Å². The molecule has 2 heterocycles. The van der Waals surface area contributed by atoms with Crippen molar-refractivity contribution in [2.45, 2.75) is 35.5 Å². The largest absolute Gasteiger partial charge is 0.497 e. The van der Waals surface area contributed by atoms with Crippen LogP contribution < -0.4 is 4.74 Å². The van der Waals surface area contributed by atoms with Crippen LogP contribution >= 0.6 is 11.8 Å². The number of rotatable bonds is 7. The maximum atomic E-state index is 11.4. The predicted molar refractivity (Wildman–Crippen MR) is 108 cm³/mol. The van der Waals surface area contributed by atoms with Crippen molar-refractivity contribution in [2.75, 3.05) is 13.7 Å². The smallest absolute Gasteiger partial charge is 0.283 e. The molecule has 0 N–H and O–H groups in total. The highest BCUT2D eigenvalue weighted by Crippen LogP contribution is 2.36. The summed E-state index contributed by atoms with van der Waals surface area (Å²) in [6.07, 6.45) is 2.07. The molecule has 0 aliphatic carbocycles. The summed E-state index contributed by atoms with van der Waals surface area (Å²) in [6, 6.07) is 14.2. The van der Waals surface area contributed by atoms with Gasteiger partial charge in [0.05, 0.1) is 29.6 Å². The van der Waals surface area contributed by atoms with E-state index in [9.17, 15) is 10.1 Å². The fourth-order valence-electron chi connectivity index (χ4n) is 3.27. The summed E-state index contributed by atoms with van der Waals surface area (Å²) < 4.78 is 13.0. The summed E-state index contributed by atoms with van der Waals surface area (Å²) in [5, 5.41) is 20.7. The van der Waals surface area contributed by atoms with Gasteiger partial charge < -0.3 is 9.47 Å². The zero-order valence-electron chi connectivity index (χ0n) is 15.9. The van der Waals surface area contributed by atoms with E-state index in [0.29, 0.717) is 22.4 Å². The first-order valence-corrected chi connectivity index (χ1v) is 10.1. The zero-order valence-corrected chi connectivity index (χ0v) is 16.7. The van der Waals surface area contributed by atoms with Crippen LogP contribution in [0.15, 0.2) is 58.6 Å². The number of hydrogen-bond acceptors (Lipinski definition) is 7. The highest BCUT2D eigenvalue weighted by Gasteiger charge is 2.24. The highest BCUT2D eigenvalue weighted by atomic mass is 32.2. The molecule has 1 saturated heterocycles. The standard InChI is InChI=1S/C20H20N4O4S/c1-27-15-10-8-14(9-11-15)19-21-22-20(23(19)13-16-5-4-12-28-16)29-18-7-3-2-6-17(18)24(25)26/h2-3,6-11,16H,4-5,12-13H2,1H3. The van der Waals surface area contributed by atoms with E-state index >= 15 is 0 Å². The summed E-state index contributed by atoms with van der Waals surface area (Å²) in [6.45, 7) is 1.34. The van der Waals surface area contributed by atoms with Crippen LogP contribution in [0.25, 0.3) is 11.4 Å². The number of nitro benzene ring substituents is 1. The number of aromatic nitrogens is 3. The number of methoxy groups -OCH3 is 1. The molecule has 1 unspecified atom stereocenters. The third-order valence-electron chi connectivity index (χ3n) is 4.74. The van der Waals surface area contributed by atoms with Gasteiger partial charge in [-0.1, -0.05) is 12.1 Å². The number of ether oxygens (including phenoxy) is 2. The third-order valence-corrected chi connectivity index (χ3v) is 5.79. The topological polar surface area (TPSA) is 92.3 Å². The van der Waals surface area contributed by atoms with Gasteiger partial charge in [0.25, 0.3) is 5.69 Å². The Labute approximate surface area is 172 Å². The minimum Gasteiger partial charge on any atom is -0.497 e. The van der Waals surface area contributed by atoms with Crippen molar-refractivity contribution in [1.29, 1.82) is 0 Å². The number of hydrogen-bond donors (Lipinski definition) is 0. The first-order chi connectivity index (χ1) is 14.2.